The van der Waals surface area contributed by atoms with Gasteiger partial charge in [0.1, 0.15) is 0 Å². The lowest BCUT2D eigenvalue weighted by Crippen LogP contribution is -2.58. The third-order valence-corrected chi connectivity index (χ3v) is 4.69. The second kappa shape index (κ2) is 6.12. The maximum absolute atomic E-state index is 12.7. The average molecular weight is 281 g/mol. The summed E-state index contributed by atoms with van der Waals surface area (Å²) in [6.45, 7) is 6.47. The largest absolute Gasteiger partial charge is 0.341 e. The van der Waals surface area contributed by atoms with Crippen LogP contribution in [-0.2, 0) is 9.59 Å². The first kappa shape index (κ1) is 15.3. The summed E-state index contributed by atoms with van der Waals surface area (Å²) in [5, 5.41) is 0. The highest BCUT2D eigenvalue weighted by Gasteiger charge is 2.40. The molecular formula is C15H27N3O2. The number of carbonyl (C=O) groups is 2. The van der Waals surface area contributed by atoms with E-state index in [9.17, 15) is 9.59 Å². The smallest absolute Gasteiger partial charge is 0.242 e. The molecular weight excluding hydrogens is 254 g/mol. The van der Waals surface area contributed by atoms with Crippen molar-refractivity contribution in [1.82, 2.24) is 9.80 Å². The maximum atomic E-state index is 12.7. The minimum Gasteiger partial charge on any atom is -0.341 e. The van der Waals surface area contributed by atoms with E-state index in [0.29, 0.717) is 19.0 Å². The molecule has 1 saturated carbocycles. The van der Waals surface area contributed by atoms with Gasteiger partial charge in [0.2, 0.25) is 11.8 Å². The number of nitrogens with two attached hydrogens (primary N) is 1. The highest BCUT2D eigenvalue weighted by Crippen LogP contribution is 2.32. The Balaban J connectivity index is 2.00. The van der Waals surface area contributed by atoms with Gasteiger partial charge in [0.25, 0.3) is 0 Å². The van der Waals surface area contributed by atoms with Gasteiger partial charge in [0.15, 0.2) is 0 Å². The van der Waals surface area contributed by atoms with Crippen LogP contribution in [0.25, 0.3) is 0 Å². The molecule has 0 aromatic carbocycles. The second-order valence-corrected chi connectivity index (χ2v) is 6.51. The van der Waals surface area contributed by atoms with E-state index in [-0.39, 0.29) is 11.8 Å². The Morgan fingerprint density at radius 1 is 1.10 bits per heavy atom. The summed E-state index contributed by atoms with van der Waals surface area (Å²) in [5.74, 6) is 0.709. The first-order valence-corrected chi connectivity index (χ1v) is 7.76. The third-order valence-electron chi connectivity index (χ3n) is 4.69. The van der Waals surface area contributed by atoms with E-state index >= 15 is 0 Å². The molecule has 1 aliphatic heterocycles. The minimum atomic E-state index is -0.678. The van der Waals surface area contributed by atoms with Crippen LogP contribution in [-0.4, -0.2) is 53.3 Å². The van der Waals surface area contributed by atoms with Gasteiger partial charge in [-0.05, 0) is 25.2 Å². The van der Waals surface area contributed by atoms with Crippen LogP contribution in [0.1, 0.15) is 46.0 Å². The zero-order chi connectivity index (χ0) is 14.8. The molecule has 2 aliphatic rings. The predicted molar refractivity (Wildman–Crippen MR) is 78.0 cm³/mol. The summed E-state index contributed by atoms with van der Waals surface area (Å²) in [6, 6.07) is 0. The van der Waals surface area contributed by atoms with Gasteiger partial charge in [-0.3, -0.25) is 9.59 Å². The van der Waals surface area contributed by atoms with Crippen molar-refractivity contribution in [1.29, 1.82) is 0 Å². The number of hydrogen-bond acceptors (Lipinski definition) is 3. The lowest BCUT2D eigenvalue weighted by atomic mass is 9.76. The lowest BCUT2D eigenvalue weighted by Gasteiger charge is -2.39. The van der Waals surface area contributed by atoms with Crippen LogP contribution in [0.15, 0.2) is 0 Å². The van der Waals surface area contributed by atoms with Gasteiger partial charge in [-0.25, -0.2) is 0 Å². The number of carbonyl (C=O) groups excluding carboxylic acids is 2. The molecule has 20 heavy (non-hydrogen) atoms. The summed E-state index contributed by atoms with van der Waals surface area (Å²) in [5.41, 5.74) is 5.72. The average Bonchev–Trinajstić information content (AvgIpc) is 2.63. The van der Waals surface area contributed by atoms with Crippen molar-refractivity contribution in [3.63, 3.8) is 0 Å². The normalized spacial score (nSPS) is 31.9. The van der Waals surface area contributed by atoms with Gasteiger partial charge in [-0.1, -0.05) is 19.8 Å². The molecule has 0 aromatic rings. The van der Waals surface area contributed by atoms with Crippen LogP contribution in [0.4, 0.5) is 0 Å². The highest BCUT2D eigenvalue weighted by molar-refractivity contribution is 5.86. The lowest BCUT2D eigenvalue weighted by molar-refractivity contribution is -0.139. The molecule has 2 fully saturated rings. The SMILES string of the molecule is CC(=O)N1CCCN(C(=O)C2(N)CCCC(C)C2)CC1. The summed E-state index contributed by atoms with van der Waals surface area (Å²) < 4.78 is 0. The number of hydrogen-bond donors (Lipinski definition) is 1. The monoisotopic (exact) mass is 281 g/mol. The van der Waals surface area contributed by atoms with Crippen LogP contribution >= 0.6 is 0 Å². The third kappa shape index (κ3) is 3.32. The van der Waals surface area contributed by atoms with Crippen molar-refractivity contribution >= 4 is 11.8 Å². The predicted octanol–water partition coefficient (Wildman–Crippen LogP) is 0.975. The summed E-state index contributed by atoms with van der Waals surface area (Å²) in [7, 11) is 0. The van der Waals surface area contributed by atoms with Crippen molar-refractivity contribution in [2.24, 2.45) is 11.7 Å². The Bertz CT molecular complexity index is 385. The van der Waals surface area contributed by atoms with Crippen molar-refractivity contribution in [2.45, 2.75) is 51.5 Å². The molecule has 0 aromatic heterocycles. The second-order valence-electron chi connectivity index (χ2n) is 6.51. The molecule has 0 bridgehead atoms. The maximum Gasteiger partial charge on any atom is 0.242 e. The van der Waals surface area contributed by atoms with Crippen LogP contribution in [0, 0.1) is 5.92 Å². The van der Waals surface area contributed by atoms with Crippen molar-refractivity contribution < 1.29 is 9.59 Å². The van der Waals surface area contributed by atoms with Crippen molar-refractivity contribution in [3.8, 4) is 0 Å². The van der Waals surface area contributed by atoms with Crippen molar-refractivity contribution in [3.05, 3.63) is 0 Å². The Morgan fingerprint density at radius 2 is 1.75 bits per heavy atom. The standard InChI is InChI=1S/C15H27N3O2/c1-12-5-3-6-15(16,11-12)14(20)18-8-4-7-17(9-10-18)13(2)19/h12H,3-11,16H2,1-2H3. The number of amides is 2. The van der Waals surface area contributed by atoms with Gasteiger partial charge < -0.3 is 15.5 Å². The zero-order valence-electron chi connectivity index (χ0n) is 12.7. The van der Waals surface area contributed by atoms with Gasteiger partial charge in [0.05, 0.1) is 5.54 Å². The molecule has 2 N–H and O–H groups in total. The molecule has 5 heteroatoms. The van der Waals surface area contributed by atoms with E-state index in [1.54, 1.807) is 6.92 Å². The molecule has 1 heterocycles. The van der Waals surface area contributed by atoms with Crippen LogP contribution in [0.3, 0.4) is 0 Å². The molecule has 2 amide bonds. The fraction of sp³-hybridized carbons (Fsp3) is 0.867. The fourth-order valence-electron chi connectivity index (χ4n) is 3.54. The molecule has 2 atom stereocenters. The minimum absolute atomic E-state index is 0.0908. The van der Waals surface area contributed by atoms with E-state index in [0.717, 1.165) is 38.8 Å². The van der Waals surface area contributed by atoms with Crippen molar-refractivity contribution in [2.75, 3.05) is 26.2 Å². The summed E-state index contributed by atoms with van der Waals surface area (Å²) >= 11 is 0. The molecule has 114 valence electrons. The number of nitrogens with zero attached hydrogens (tertiary/aromatic N) is 2. The number of rotatable bonds is 1. The Labute approximate surface area is 121 Å². The first-order chi connectivity index (χ1) is 9.42. The van der Waals surface area contributed by atoms with E-state index in [4.69, 9.17) is 5.73 Å². The van der Waals surface area contributed by atoms with E-state index < -0.39 is 5.54 Å². The molecule has 0 radical (unpaired) electrons. The highest BCUT2D eigenvalue weighted by atomic mass is 16.2. The van der Waals surface area contributed by atoms with E-state index in [1.165, 1.54) is 6.42 Å². The topological polar surface area (TPSA) is 66.6 Å². The molecule has 2 rings (SSSR count). The van der Waals surface area contributed by atoms with Gasteiger partial charge in [-0.15, -0.1) is 0 Å². The van der Waals surface area contributed by atoms with Gasteiger partial charge in [0, 0.05) is 33.1 Å². The zero-order valence-corrected chi connectivity index (χ0v) is 12.7. The van der Waals surface area contributed by atoms with E-state index in [1.807, 2.05) is 9.80 Å². The van der Waals surface area contributed by atoms with Gasteiger partial charge in [-0.2, -0.15) is 0 Å². The Morgan fingerprint density at radius 3 is 2.40 bits per heavy atom. The molecule has 2 unspecified atom stereocenters. The molecule has 1 saturated heterocycles. The van der Waals surface area contributed by atoms with Gasteiger partial charge >= 0.3 is 0 Å². The van der Waals surface area contributed by atoms with E-state index in [2.05, 4.69) is 6.92 Å². The molecule has 0 spiro atoms. The Hall–Kier alpha value is -1.10. The molecule has 5 nitrogen and oxygen atoms in total. The summed E-state index contributed by atoms with van der Waals surface area (Å²) in [4.78, 5) is 27.9. The van der Waals surface area contributed by atoms with Crippen LogP contribution < -0.4 is 5.73 Å². The summed E-state index contributed by atoms with van der Waals surface area (Å²) in [6.07, 6.45) is 4.64. The van der Waals surface area contributed by atoms with Crippen LogP contribution in [0.5, 0.6) is 0 Å². The molecule has 1 aliphatic carbocycles. The van der Waals surface area contributed by atoms with Crippen LogP contribution in [0.2, 0.25) is 0 Å². The first-order valence-electron chi connectivity index (χ1n) is 7.76. The quantitative estimate of drug-likeness (QED) is 0.779. The Kier molecular flexibility index (Phi) is 4.68. The fourth-order valence-corrected chi connectivity index (χ4v) is 3.54.